The molecule has 5 nitrogen and oxygen atoms in total. The van der Waals surface area contributed by atoms with Crippen LogP contribution in [-0.4, -0.2) is 30.5 Å². The highest BCUT2D eigenvalue weighted by Crippen LogP contribution is 2.35. The molecule has 0 aliphatic carbocycles. The number of allylic oxidation sites excluding steroid dienone is 1. The number of hydrogen-bond acceptors (Lipinski definition) is 5. The Kier molecular flexibility index (Phi) is 5.80. The molecule has 1 aromatic heterocycles. The number of alkyl halides is 3. The van der Waals surface area contributed by atoms with E-state index in [1.807, 2.05) is 0 Å². The lowest BCUT2D eigenvalue weighted by Gasteiger charge is -2.18. The van der Waals surface area contributed by atoms with E-state index in [-0.39, 0.29) is 17.3 Å². The van der Waals surface area contributed by atoms with Crippen LogP contribution in [-0.2, 0) is 10.9 Å². The number of hydrogen-bond donors (Lipinski definition) is 1. The summed E-state index contributed by atoms with van der Waals surface area (Å²) >= 11 is 5.73. The standard InChI is InChI=1S/C15H14ClF3N4O/c16-14-11(7-21)12(15(17,18)19)5-13(23-14)9(6-20)8-22-10-1-3-24-4-2-10/h5-6,8,10H,1-4,20H2/b9-6+,22-8?. The van der Waals surface area contributed by atoms with Gasteiger partial charge in [-0.05, 0) is 18.9 Å². The molecule has 2 heterocycles. The van der Waals surface area contributed by atoms with Crippen LogP contribution in [0.1, 0.15) is 29.7 Å². The summed E-state index contributed by atoms with van der Waals surface area (Å²) in [5.74, 6) is 0. The molecule has 128 valence electrons. The normalized spacial score (nSPS) is 17.2. The molecule has 1 aliphatic heterocycles. The van der Waals surface area contributed by atoms with Crippen molar-refractivity contribution in [3.8, 4) is 6.07 Å². The number of nitrogens with two attached hydrogens (primary N) is 1. The molecule has 0 aromatic carbocycles. The molecule has 0 radical (unpaired) electrons. The number of pyridine rings is 1. The zero-order valence-corrected chi connectivity index (χ0v) is 13.2. The zero-order chi connectivity index (χ0) is 17.7. The first kappa shape index (κ1) is 18.2. The van der Waals surface area contributed by atoms with Crippen molar-refractivity contribution < 1.29 is 17.9 Å². The van der Waals surface area contributed by atoms with Gasteiger partial charge in [-0.2, -0.15) is 18.4 Å². The minimum absolute atomic E-state index is 0.0182. The van der Waals surface area contributed by atoms with Crippen LogP contribution in [0.25, 0.3) is 5.57 Å². The van der Waals surface area contributed by atoms with E-state index in [2.05, 4.69) is 9.98 Å². The molecule has 0 saturated carbocycles. The zero-order valence-electron chi connectivity index (χ0n) is 12.5. The quantitative estimate of drug-likeness (QED) is 0.664. The van der Waals surface area contributed by atoms with E-state index in [0.717, 1.165) is 25.1 Å². The first-order chi connectivity index (χ1) is 11.4. The van der Waals surface area contributed by atoms with Crippen molar-refractivity contribution in [1.29, 1.82) is 5.26 Å². The average Bonchev–Trinajstić information content (AvgIpc) is 2.55. The number of ether oxygens (including phenoxy) is 1. The minimum atomic E-state index is -4.73. The fraction of sp³-hybridized carbons (Fsp3) is 0.400. The summed E-state index contributed by atoms with van der Waals surface area (Å²) in [6.07, 6.45) is -0.800. The fourth-order valence-electron chi connectivity index (χ4n) is 2.21. The van der Waals surface area contributed by atoms with Crippen LogP contribution in [0, 0.1) is 11.3 Å². The molecule has 9 heteroatoms. The summed E-state index contributed by atoms with van der Waals surface area (Å²) in [5, 5.41) is 8.34. The monoisotopic (exact) mass is 358 g/mol. The highest BCUT2D eigenvalue weighted by molar-refractivity contribution is 6.30. The first-order valence-electron chi connectivity index (χ1n) is 7.08. The van der Waals surface area contributed by atoms with E-state index in [1.54, 1.807) is 0 Å². The van der Waals surface area contributed by atoms with Crippen molar-refractivity contribution in [3.05, 3.63) is 34.2 Å². The number of nitrogens with zero attached hydrogens (tertiary/aromatic N) is 3. The van der Waals surface area contributed by atoms with Gasteiger partial charge in [-0.3, -0.25) is 4.99 Å². The summed E-state index contributed by atoms with van der Waals surface area (Å²) in [6, 6.07) is 2.19. The van der Waals surface area contributed by atoms with Crippen molar-refractivity contribution in [2.45, 2.75) is 25.1 Å². The first-order valence-corrected chi connectivity index (χ1v) is 7.45. The SMILES string of the molecule is N#Cc1c(C(F)(F)F)cc(/C(C=NC2CCOCC2)=C/N)nc1Cl. The van der Waals surface area contributed by atoms with Crippen LogP contribution < -0.4 is 5.73 Å². The molecule has 0 unspecified atom stereocenters. The molecule has 1 saturated heterocycles. The Morgan fingerprint density at radius 3 is 2.67 bits per heavy atom. The summed E-state index contributed by atoms with van der Waals surface area (Å²) in [4.78, 5) is 8.14. The largest absolute Gasteiger partial charge is 0.417 e. The predicted octanol–water partition coefficient (Wildman–Crippen LogP) is 3.17. The van der Waals surface area contributed by atoms with Gasteiger partial charge in [0.05, 0.1) is 17.3 Å². The number of halogens is 4. The molecule has 2 N–H and O–H groups in total. The molecular weight excluding hydrogens is 345 g/mol. The van der Waals surface area contributed by atoms with Gasteiger partial charge in [0.2, 0.25) is 0 Å². The van der Waals surface area contributed by atoms with Crippen molar-refractivity contribution >= 4 is 23.4 Å². The number of aromatic nitrogens is 1. The second-order valence-electron chi connectivity index (χ2n) is 5.07. The third-order valence-corrected chi connectivity index (χ3v) is 3.76. The Bertz CT molecular complexity index is 704. The predicted molar refractivity (Wildman–Crippen MR) is 83.5 cm³/mol. The summed E-state index contributed by atoms with van der Waals surface area (Å²) in [7, 11) is 0. The molecule has 1 aromatic rings. The Morgan fingerprint density at radius 1 is 1.46 bits per heavy atom. The van der Waals surface area contributed by atoms with Crippen LogP contribution in [0.3, 0.4) is 0 Å². The van der Waals surface area contributed by atoms with Crippen molar-refractivity contribution in [3.63, 3.8) is 0 Å². The summed E-state index contributed by atoms with van der Waals surface area (Å²) < 4.78 is 44.5. The fourth-order valence-corrected chi connectivity index (χ4v) is 2.44. The van der Waals surface area contributed by atoms with Gasteiger partial charge in [-0.15, -0.1) is 0 Å². The molecule has 24 heavy (non-hydrogen) atoms. The second-order valence-corrected chi connectivity index (χ2v) is 5.43. The van der Waals surface area contributed by atoms with Crippen LogP contribution >= 0.6 is 11.6 Å². The average molecular weight is 359 g/mol. The van der Waals surface area contributed by atoms with Gasteiger partial charge in [0, 0.05) is 31.2 Å². The van der Waals surface area contributed by atoms with Gasteiger partial charge in [0.1, 0.15) is 16.8 Å². The minimum Gasteiger partial charge on any atom is -0.404 e. The molecule has 2 rings (SSSR count). The van der Waals surface area contributed by atoms with Crippen LogP contribution in [0.15, 0.2) is 17.3 Å². The van der Waals surface area contributed by atoms with Crippen molar-refractivity contribution in [2.24, 2.45) is 10.7 Å². The van der Waals surface area contributed by atoms with E-state index in [0.29, 0.717) is 13.2 Å². The molecule has 1 aliphatic rings. The topological polar surface area (TPSA) is 84.3 Å². The molecule has 0 atom stereocenters. The molecule has 1 fully saturated rings. The summed E-state index contributed by atoms with van der Waals surface area (Å²) in [6.45, 7) is 1.17. The van der Waals surface area contributed by atoms with E-state index < -0.39 is 22.5 Å². The summed E-state index contributed by atoms with van der Waals surface area (Å²) in [5.41, 5.74) is 3.72. The van der Waals surface area contributed by atoms with Crippen LogP contribution in [0.5, 0.6) is 0 Å². The smallest absolute Gasteiger partial charge is 0.404 e. The third kappa shape index (κ3) is 4.24. The molecule has 0 bridgehead atoms. The highest BCUT2D eigenvalue weighted by atomic mass is 35.5. The lowest BCUT2D eigenvalue weighted by atomic mass is 10.1. The van der Waals surface area contributed by atoms with Gasteiger partial charge < -0.3 is 10.5 Å². The number of aliphatic imine (C=N–C) groups is 1. The lowest BCUT2D eigenvalue weighted by molar-refractivity contribution is -0.137. The van der Waals surface area contributed by atoms with Gasteiger partial charge in [0.25, 0.3) is 0 Å². The van der Waals surface area contributed by atoms with Crippen LogP contribution in [0.2, 0.25) is 5.15 Å². The molecule has 0 amide bonds. The second kappa shape index (κ2) is 7.64. The van der Waals surface area contributed by atoms with Gasteiger partial charge in [-0.25, -0.2) is 4.98 Å². The van der Waals surface area contributed by atoms with Crippen LogP contribution in [0.4, 0.5) is 13.2 Å². The van der Waals surface area contributed by atoms with Gasteiger partial charge in [0.15, 0.2) is 0 Å². The van der Waals surface area contributed by atoms with E-state index in [1.165, 1.54) is 12.3 Å². The van der Waals surface area contributed by atoms with E-state index >= 15 is 0 Å². The Balaban J connectivity index is 2.37. The number of rotatable bonds is 3. The van der Waals surface area contributed by atoms with Gasteiger partial charge >= 0.3 is 6.18 Å². The van der Waals surface area contributed by atoms with Gasteiger partial charge in [-0.1, -0.05) is 11.6 Å². The maximum absolute atomic E-state index is 13.1. The highest BCUT2D eigenvalue weighted by Gasteiger charge is 2.35. The maximum Gasteiger partial charge on any atom is 0.417 e. The third-order valence-electron chi connectivity index (χ3n) is 3.48. The molecular formula is C15H14ClF3N4O. The molecule has 0 spiro atoms. The van der Waals surface area contributed by atoms with Crippen molar-refractivity contribution in [2.75, 3.05) is 13.2 Å². The maximum atomic E-state index is 13.1. The van der Waals surface area contributed by atoms with E-state index in [4.69, 9.17) is 27.3 Å². The Labute approximate surface area is 141 Å². The van der Waals surface area contributed by atoms with E-state index in [9.17, 15) is 13.2 Å². The number of nitriles is 1. The Morgan fingerprint density at radius 2 is 2.12 bits per heavy atom. The Hall–Kier alpha value is -2.11. The van der Waals surface area contributed by atoms with Crippen molar-refractivity contribution in [1.82, 2.24) is 4.98 Å². The lowest BCUT2D eigenvalue weighted by Crippen LogP contribution is -2.18.